The fourth-order valence-electron chi connectivity index (χ4n) is 1.77. The van der Waals surface area contributed by atoms with Crippen molar-refractivity contribution in [3.05, 3.63) is 0 Å². The van der Waals surface area contributed by atoms with E-state index >= 15 is 0 Å². The maximum Gasteiger partial charge on any atom is 0.325 e. The summed E-state index contributed by atoms with van der Waals surface area (Å²) in [5, 5.41) is 25.2. The van der Waals surface area contributed by atoms with Gasteiger partial charge in [0.25, 0.3) is 0 Å². The zero-order valence-electron chi connectivity index (χ0n) is 15.1. The van der Waals surface area contributed by atoms with Gasteiger partial charge in [0.05, 0.1) is 6.10 Å². The van der Waals surface area contributed by atoms with Crippen LogP contribution in [0, 0.1) is 5.92 Å². The van der Waals surface area contributed by atoms with Gasteiger partial charge in [-0.05, 0) is 26.7 Å². The Morgan fingerprint density at radius 1 is 0.800 bits per heavy atom. The van der Waals surface area contributed by atoms with Crippen LogP contribution in [0.25, 0.3) is 0 Å². The second kappa shape index (κ2) is 9.94. The summed E-state index contributed by atoms with van der Waals surface area (Å²) in [6.07, 6.45) is -1.09. The van der Waals surface area contributed by atoms with E-state index in [2.05, 4.69) is 16.0 Å². The summed E-state index contributed by atoms with van der Waals surface area (Å²) in [5.74, 6) is -3.49. The molecule has 0 bridgehead atoms. The summed E-state index contributed by atoms with van der Waals surface area (Å²) >= 11 is 0. The van der Waals surface area contributed by atoms with Crippen LogP contribution in [0.1, 0.15) is 34.6 Å². The monoisotopic (exact) mass is 360 g/mol. The van der Waals surface area contributed by atoms with E-state index < -0.39 is 54.0 Å². The van der Waals surface area contributed by atoms with E-state index in [-0.39, 0.29) is 5.92 Å². The molecule has 0 aromatic carbocycles. The summed E-state index contributed by atoms with van der Waals surface area (Å²) < 4.78 is 0. The van der Waals surface area contributed by atoms with Gasteiger partial charge < -0.3 is 31.9 Å². The van der Waals surface area contributed by atoms with Gasteiger partial charge in [-0.15, -0.1) is 0 Å². The van der Waals surface area contributed by atoms with E-state index in [1.165, 1.54) is 20.8 Å². The van der Waals surface area contributed by atoms with Gasteiger partial charge >= 0.3 is 5.97 Å². The molecule has 0 heterocycles. The molecule has 144 valence electrons. The van der Waals surface area contributed by atoms with Crippen molar-refractivity contribution in [1.29, 1.82) is 0 Å². The minimum Gasteiger partial charge on any atom is -0.480 e. The molecule has 3 amide bonds. The Morgan fingerprint density at radius 2 is 1.28 bits per heavy atom. The van der Waals surface area contributed by atoms with Gasteiger partial charge in [0.1, 0.15) is 24.2 Å². The lowest BCUT2D eigenvalue weighted by molar-refractivity contribution is -0.141. The molecule has 0 rings (SSSR count). The highest BCUT2D eigenvalue weighted by Crippen LogP contribution is 2.04. The molecule has 0 aromatic rings. The maximum absolute atomic E-state index is 12.3. The summed E-state index contributed by atoms with van der Waals surface area (Å²) in [6, 6.07) is -4.26. The van der Waals surface area contributed by atoms with Crippen LogP contribution < -0.4 is 21.7 Å². The average Bonchev–Trinajstić information content (AvgIpc) is 2.50. The molecule has 0 unspecified atom stereocenters. The largest absolute Gasteiger partial charge is 0.480 e. The Labute approximate surface area is 146 Å². The van der Waals surface area contributed by atoms with Gasteiger partial charge in [-0.2, -0.15) is 0 Å². The SMILES string of the molecule is CC(C)[C@H](NC(=O)[C@@H](N)[C@@H](C)O)C(=O)N[C@@H](C)C(=O)N[C@@H](C)C(=O)O. The Bertz CT molecular complexity index is 508. The van der Waals surface area contributed by atoms with E-state index in [1.807, 2.05) is 0 Å². The number of hydrogen-bond acceptors (Lipinski definition) is 6. The number of aliphatic hydroxyl groups excluding tert-OH is 1. The highest BCUT2D eigenvalue weighted by molar-refractivity contribution is 5.94. The Hall–Kier alpha value is -2.20. The molecule has 5 atom stereocenters. The fraction of sp³-hybridized carbons (Fsp3) is 0.733. The molecule has 0 radical (unpaired) electrons. The van der Waals surface area contributed by atoms with Crippen molar-refractivity contribution in [3.8, 4) is 0 Å². The summed E-state index contributed by atoms with van der Waals surface area (Å²) in [4.78, 5) is 46.9. The van der Waals surface area contributed by atoms with E-state index in [1.54, 1.807) is 13.8 Å². The van der Waals surface area contributed by atoms with Crippen molar-refractivity contribution in [2.24, 2.45) is 11.7 Å². The zero-order valence-corrected chi connectivity index (χ0v) is 15.1. The molecule has 0 saturated carbocycles. The van der Waals surface area contributed by atoms with Crippen molar-refractivity contribution in [3.63, 3.8) is 0 Å². The van der Waals surface area contributed by atoms with Gasteiger partial charge in [0.15, 0.2) is 0 Å². The van der Waals surface area contributed by atoms with Gasteiger partial charge in [-0.1, -0.05) is 13.8 Å². The first kappa shape index (κ1) is 22.8. The molecule has 0 aliphatic rings. The number of hydrogen-bond donors (Lipinski definition) is 6. The van der Waals surface area contributed by atoms with Gasteiger partial charge in [0, 0.05) is 0 Å². The Balaban J connectivity index is 4.87. The van der Waals surface area contributed by atoms with Crippen molar-refractivity contribution < 1.29 is 29.4 Å². The lowest BCUT2D eigenvalue weighted by Gasteiger charge is -2.26. The molecule has 0 fully saturated rings. The first-order valence-electron chi connectivity index (χ1n) is 7.96. The van der Waals surface area contributed by atoms with Crippen LogP contribution in [-0.2, 0) is 19.2 Å². The summed E-state index contributed by atoms with van der Waals surface area (Å²) in [6.45, 7) is 7.42. The predicted molar refractivity (Wildman–Crippen MR) is 89.3 cm³/mol. The quantitative estimate of drug-likeness (QED) is 0.274. The van der Waals surface area contributed by atoms with Crippen molar-refractivity contribution in [1.82, 2.24) is 16.0 Å². The summed E-state index contributed by atoms with van der Waals surface area (Å²) in [5.41, 5.74) is 5.53. The molecular weight excluding hydrogens is 332 g/mol. The smallest absolute Gasteiger partial charge is 0.325 e. The Kier molecular flexibility index (Phi) is 9.07. The van der Waals surface area contributed by atoms with Crippen LogP contribution >= 0.6 is 0 Å². The van der Waals surface area contributed by atoms with Crippen LogP contribution in [0.5, 0.6) is 0 Å². The third-order valence-corrected chi connectivity index (χ3v) is 3.55. The second-order valence-corrected chi connectivity index (χ2v) is 6.30. The summed E-state index contributed by atoms with van der Waals surface area (Å²) in [7, 11) is 0. The standard InChI is InChI=1S/C15H28N4O6/c1-6(2)11(19-13(22)10(16)9(5)20)14(23)17-7(3)12(21)18-8(4)15(24)25/h6-11,20H,16H2,1-5H3,(H,17,23)(H,18,21)(H,19,22)(H,24,25)/t7-,8-,9+,10-,11-/m0/s1. The number of aliphatic hydroxyl groups is 1. The lowest BCUT2D eigenvalue weighted by Crippen LogP contribution is -2.58. The minimum absolute atomic E-state index is 0.307. The molecule has 0 aromatic heterocycles. The lowest BCUT2D eigenvalue weighted by atomic mass is 10.0. The van der Waals surface area contributed by atoms with Crippen LogP contribution in [-0.4, -0.2) is 64.2 Å². The maximum atomic E-state index is 12.3. The number of rotatable bonds is 9. The van der Waals surface area contributed by atoms with Crippen molar-refractivity contribution in [2.45, 2.75) is 64.9 Å². The van der Waals surface area contributed by atoms with Crippen LogP contribution in [0.4, 0.5) is 0 Å². The molecule has 10 heteroatoms. The van der Waals surface area contributed by atoms with E-state index in [9.17, 15) is 24.3 Å². The highest BCUT2D eigenvalue weighted by Gasteiger charge is 2.30. The number of carbonyl (C=O) groups is 4. The van der Waals surface area contributed by atoms with E-state index in [0.717, 1.165) is 0 Å². The highest BCUT2D eigenvalue weighted by atomic mass is 16.4. The third-order valence-electron chi connectivity index (χ3n) is 3.55. The predicted octanol–water partition coefficient (Wildman–Crippen LogP) is -2.07. The fourth-order valence-corrected chi connectivity index (χ4v) is 1.77. The van der Waals surface area contributed by atoms with E-state index in [0.29, 0.717) is 0 Å². The van der Waals surface area contributed by atoms with Gasteiger partial charge in [-0.25, -0.2) is 0 Å². The number of aliphatic carboxylic acids is 1. The topological polar surface area (TPSA) is 171 Å². The Morgan fingerprint density at radius 3 is 1.68 bits per heavy atom. The minimum atomic E-state index is -1.20. The van der Waals surface area contributed by atoms with Gasteiger partial charge in [0.2, 0.25) is 17.7 Å². The van der Waals surface area contributed by atoms with E-state index in [4.69, 9.17) is 10.8 Å². The molecule has 0 saturated heterocycles. The average molecular weight is 360 g/mol. The van der Waals surface area contributed by atoms with Crippen LogP contribution in [0.3, 0.4) is 0 Å². The van der Waals surface area contributed by atoms with Crippen LogP contribution in [0.15, 0.2) is 0 Å². The second-order valence-electron chi connectivity index (χ2n) is 6.30. The van der Waals surface area contributed by atoms with Crippen LogP contribution in [0.2, 0.25) is 0 Å². The van der Waals surface area contributed by atoms with Crippen molar-refractivity contribution >= 4 is 23.7 Å². The number of carboxylic acid groups (broad SMARTS) is 1. The molecular formula is C15H28N4O6. The number of nitrogens with one attached hydrogen (secondary N) is 3. The molecule has 7 N–H and O–H groups in total. The molecule has 0 aliphatic heterocycles. The number of carbonyl (C=O) groups excluding carboxylic acids is 3. The molecule has 0 aliphatic carbocycles. The molecule has 10 nitrogen and oxygen atoms in total. The normalized spacial score (nSPS) is 17.0. The first-order chi connectivity index (χ1) is 11.4. The molecule has 25 heavy (non-hydrogen) atoms. The first-order valence-corrected chi connectivity index (χ1v) is 7.96. The van der Waals surface area contributed by atoms with Crippen molar-refractivity contribution in [2.75, 3.05) is 0 Å². The zero-order chi connectivity index (χ0) is 19.9. The number of carboxylic acids is 1. The number of nitrogens with two attached hydrogens (primary N) is 1. The molecule has 0 spiro atoms. The van der Waals surface area contributed by atoms with Gasteiger partial charge in [-0.3, -0.25) is 19.2 Å². The number of amides is 3. The third kappa shape index (κ3) is 7.48.